The molecule has 0 unspecified atom stereocenters. The number of carboxylic acid groups (broad SMARTS) is 1. The van der Waals surface area contributed by atoms with Crippen LogP contribution in [0, 0.1) is 0 Å². The molecule has 0 aliphatic carbocycles. The first-order valence-electron chi connectivity index (χ1n) is 6.29. The Kier molecular flexibility index (Phi) is 4.15. The van der Waals surface area contributed by atoms with E-state index in [1.807, 2.05) is 0 Å². The Morgan fingerprint density at radius 3 is 3.06 bits per heavy atom. The topological polar surface area (TPSA) is 49.3 Å². The molecule has 17 heavy (non-hydrogen) atoms. The summed E-state index contributed by atoms with van der Waals surface area (Å²) in [5.74, 6) is -0.707. The molecule has 1 heterocycles. The predicted octanol–water partition coefficient (Wildman–Crippen LogP) is 2.13. The predicted molar refractivity (Wildman–Crippen MR) is 67.0 cm³/mol. The van der Waals surface area contributed by atoms with Crippen molar-refractivity contribution in [3.05, 3.63) is 34.9 Å². The zero-order chi connectivity index (χ0) is 12.1. The number of hydrogen-bond acceptors (Lipinski definition) is 2. The molecular formula is C14H19NO2. The molecule has 1 aliphatic heterocycles. The maximum atomic E-state index is 10.5. The van der Waals surface area contributed by atoms with Crippen molar-refractivity contribution in [2.75, 3.05) is 6.54 Å². The fourth-order valence-corrected chi connectivity index (χ4v) is 2.31. The zero-order valence-corrected chi connectivity index (χ0v) is 10.0. The van der Waals surface area contributed by atoms with E-state index in [9.17, 15) is 4.79 Å². The smallest absolute Gasteiger partial charge is 0.303 e. The zero-order valence-electron chi connectivity index (χ0n) is 10.0. The maximum Gasteiger partial charge on any atom is 0.303 e. The summed E-state index contributed by atoms with van der Waals surface area (Å²) < 4.78 is 0. The van der Waals surface area contributed by atoms with Crippen LogP contribution >= 0.6 is 0 Å². The van der Waals surface area contributed by atoms with Gasteiger partial charge in [0, 0.05) is 13.0 Å². The van der Waals surface area contributed by atoms with Crippen LogP contribution in [0.2, 0.25) is 0 Å². The van der Waals surface area contributed by atoms with Crippen molar-refractivity contribution in [1.82, 2.24) is 5.32 Å². The van der Waals surface area contributed by atoms with Crippen LogP contribution in [0.25, 0.3) is 0 Å². The van der Waals surface area contributed by atoms with E-state index < -0.39 is 5.97 Å². The number of aryl methyl sites for hydroxylation is 2. The third kappa shape index (κ3) is 3.56. The van der Waals surface area contributed by atoms with Gasteiger partial charge in [-0.3, -0.25) is 4.79 Å². The average molecular weight is 233 g/mol. The number of aliphatic carboxylic acids is 1. The first-order chi connectivity index (χ1) is 8.25. The number of carboxylic acids is 1. The standard InChI is InChI=1S/C14H19NO2/c16-14(17)5-1-3-11-6-7-12-4-2-8-15-10-13(12)9-11/h6-7,9,15H,1-5,8,10H2,(H,16,17). The Labute approximate surface area is 102 Å². The minimum Gasteiger partial charge on any atom is -0.481 e. The van der Waals surface area contributed by atoms with Crippen molar-refractivity contribution in [3.8, 4) is 0 Å². The number of carbonyl (C=O) groups is 1. The van der Waals surface area contributed by atoms with Crippen LogP contribution in [0.4, 0.5) is 0 Å². The third-order valence-electron chi connectivity index (χ3n) is 3.24. The van der Waals surface area contributed by atoms with Gasteiger partial charge in [-0.1, -0.05) is 18.2 Å². The van der Waals surface area contributed by atoms with Crippen LogP contribution in [0.15, 0.2) is 18.2 Å². The van der Waals surface area contributed by atoms with Crippen molar-refractivity contribution in [2.24, 2.45) is 0 Å². The summed E-state index contributed by atoms with van der Waals surface area (Å²) >= 11 is 0. The SMILES string of the molecule is O=C(O)CCCc1ccc2c(c1)CNCCC2. The van der Waals surface area contributed by atoms with Crippen LogP contribution in [0.5, 0.6) is 0 Å². The quantitative estimate of drug-likeness (QED) is 0.837. The minimum atomic E-state index is -0.707. The van der Waals surface area contributed by atoms with E-state index in [-0.39, 0.29) is 6.42 Å². The number of rotatable bonds is 4. The highest BCUT2D eigenvalue weighted by atomic mass is 16.4. The largest absolute Gasteiger partial charge is 0.481 e. The molecule has 1 aromatic rings. The van der Waals surface area contributed by atoms with Gasteiger partial charge in [0.05, 0.1) is 0 Å². The van der Waals surface area contributed by atoms with E-state index in [1.165, 1.54) is 23.1 Å². The van der Waals surface area contributed by atoms with Crippen molar-refractivity contribution >= 4 is 5.97 Å². The molecular weight excluding hydrogens is 214 g/mol. The van der Waals surface area contributed by atoms with Gasteiger partial charge in [0.1, 0.15) is 0 Å². The van der Waals surface area contributed by atoms with Crippen LogP contribution in [0.1, 0.15) is 36.0 Å². The lowest BCUT2D eigenvalue weighted by Gasteiger charge is -2.08. The van der Waals surface area contributed by atoms with E-state index >= 15 is 0 Å². The van der Waals surface area contributed by atoms with E-state index in [4.69, 9.17) is 5.11 Å². The average Bonchev–Trinajstić information content (AvgIpc) is 2.53. The summed E-state index contributed by atoms with van der Waals surface area (Å²) in [4.78, 5) is 10.5. The number of fused-ring (bicyclic) bond motifs is 1. The molecule has 0 aromatic heterocycles. The Morgan fingerprint density at radius 1 is 1.35 bits per heavy atom. The molecule has 2 rings (SSSR count). The van der Waals surface area contributed by atoms with E-state index in [0.29, 0.717) is 0 Å². The second-order valence-electron chi connectivity index (χ2n) is 4.63. The van der Waals surface area contributed by atoms with Gasteiger partial charge in [-0.05, 0) is 48.9 Å². The molecule has 0 saturated heterocycles. The van der Waals surface area contributed by atoms with Crippen LogP contribution in [0.3, 0.4) is 0 Å². The van der Waals surface area contributed by atoms with Gasteiger partial charge >= 0.3 is 5.97 Å². The van der Waals surface area contributed by atoms with Crippen LogP contribution in [-0.2, 0) is 24.2 Å². The van der Waals surface area contributed by atoms with Gasteiger partial charge in [0.2, 0.25) is 0 Å². The molecule has 2 N–H and O–H groups in total. The fraction of sp³-hybridized carbons (Fsp3) is 0.500. The highest BCUT2D eigenvalue weighted by Gasteiger charge is 2.08. The third-order valence-corrected chi connectivity index (χ3v) is 3.24. The minimum absolute atomic E-state index is 0.259. The Balaban J connectivity index is 1.99. The fourth-order valence-electron chi connectivity index (χ4n) is 2.31. The van der Waals surface area contributed by atoms with Crippen molar-refractivity contribution in [1.29, 1.82) is 0 Å². The lowest BCUT2D eigenvalue weighted by molar-refractivity contribution is -0.137. The summed E-state index contributed by atoms with van der Waals surface area (Å²) in [5.41, 5.74) is 4.08. The van der Waals surface area contributed by atoms with Crippen LogP contribution in [-0.4, -0.2) is 17.6 Å². The highest BCUT2D eigenvalue weighted by Crippen LogP contribution is 2.17. The molecule has 0 fully saturated rings. The molecule has 92 valence electrons. The monoisotopic (exact) mass is 233 g/mol. The number of benzene rings is 1. The molecule has 0 saturated carbocycles. The molecule has 3 nitrogen and oxygen atoms in total. The molecule has 1 aliphatic rings. The molecule has 1 aromatic carbocycles. The Hall–Kier alpha value is -1.35. The molecule has 0 atom stereocenters. The second kappa shape index (κ2) is 5.82. The highest BCUT2D eigenvalue weighted by molar-refractivity contribution is 5.66. The molecule has 0 spiro atoms. The lowest BCUT2D eigenvalue weighted by Crippen LogP contribution is -2.12. The number of nitrogens with one attached hydrogen (secondary N) is 1. The Bertz CT molecular complexity index is 401. The first-order valence-corrected chi connectivity index (χ1v) is 6.29. The summed E-state index contributed by atoms with van der Waals surface area (Å²) in [7, 11) is 0. The van der Waals surface area contributed by atoms with E-state index in [2.05, 4.69) is 23.5 Å². The first kappa shape index (κ1) is 12.1. The molecule has 3 heteroatoms. The van der Waals surface area contributed by atoms with Gasteiger partial charge in [0.15, 0.2) is 0 Å². The van der Waals surface area contributed by atoms with Crippen molar-refractivity contribution in [2.45, 2.75) is 38.6 Å². The summed E-state index contributed by atoms with van der Waals surface area (Å²) in [6, 6.07) is 6.58. The number of hydrogen-bond donors (Lipinski definition) is 2. The maximum absolute atomic E-state index is 10.5. The van der Waals surface area contributed by atoms with E-state index in [0.717, 1.165) is 32.4 Å². The van der Waals surface area contributed by atoms with Crippen LogP contribution < -0.4 is 5.32 Å². The van der Waals surface area contributed by atoms with Gasteiger partial charge < -0.3 is 10.4 Å². The summed E-state index contributed by atoms with van der Waals surface area (Å²) in [6.07, 6.45) is 4.19. The Morgan fingerprint density at radius 2 is 2.24 bits per heavy atom. The molecule has 0 bridgehead atoms. The normalized spacial score (nSPS) is 15.1. The van der Waals surface area contributed by atoms with Crippen molar-refractivity contribution in [3.63, 3.8) is 0 Å². The summed E-state index contributed by atoms with van der Waals surface area (Å²) in [5, 5.41) is 12.0. The van der Waals surface area contributed by atoms with E-state index in [1.54, 1.807) is 0 Å². The van der Waals surface area contributed by atoms with Gasteiger partial charge in [-0.15, -0.1) is 0 Å². The molecule has 0 amide bonds. The van der Waals surface area contributed by atoms with Gasteiger partial charge in [-0.2, -0.15) is 0 Å². The van der Waals surface area contributed by atoms with Gasteiger partial charge in [-0.25, -0.2) is 0 Å². The van der Waals surface area contributed by atoms with Gasteiger partial charge in [0.25, 0.3) is 0 Å². The lowest BCUT2D eigenvalue weighted by atomic mass is 9.99. The summed E-state index contributed by atoms with van der Waals surface area (Å²) in [6.45, 7) is 2.03. The van der Waals surface area contributed by atoms with Crippen molar-refractivity contribution < 1.29 is 9.90 Å². The molecule has 0 radical (unpaired) electrons. The second-order valence-corrected chi connectivity index (χ2v) is 4.63.